The minimum atomic E-state index is 0.300. The molecule has 1 atom stereocenters. The van der Waals surface area contributed by atoms with E-state index in [2.05, 4.69) is 36.2 Å². The van der Waals surface area contributed by atoms with Gasteiger partial charge in [-0.05, 0) is 24.8 Å². The van der Waals surface area contributed by atoms with E-state index in [9.17, 15) is 0 Å². The summed E-state index contributed by atoms with van der Waals surface area (Å²) in [6.07, 6.45) is 6.07. The van der Waals surface area contributed by atoms with Crippen LogP contribution in [-0.2, 0) is 6.42 Å². The molecular weight excluding hydrogens is 256 g/mol. The topological polar surface area (TPSA) is 42.7 Å². The highest BCUT2D eigenvalue weighted by Gasteiger charge is 2.35. The molecule has 0 bridgehead atoms. The van der Waals surface area contributed by atoms with E-state index in [0.717, 1.165) is 24.5 Å². The van der Waals surface area contributed by atoms with E-state index < -0.39 is 0 Å². The zero-order chi connectivity index (χ0) is 13.5. The van der Waals surface area contributed by atoms with Crippen molar-refractivity contribution in [2.24, 2.45) is 5.41 Å². The van der Waals surface area contributed by atoms with Gasteiger partial charge in [0.15, 0.2) is 0 Å². The van der Waals surface area contributed by atoms with E-state index >= 15 is 0 Å². The van der Waals surface area contributed by atoms with Crippen LogP contribution in [0, 0.1) is 5.41 Å². The predicted molar refractivity (Wildman–Crippen MR) is 77.8 cm³/mol. The first-order valence-corrected chi connectivity index (χ1v) is 7.69. The third-order valence-corrected chi connectivity index (χ3v) is 4.48. The summed E-state index contributed by atoms with van der Waals surface area (Å²) in [5.74, 6) is 0. The summed E-state index contributed by atoms with van der Waals surface area (Å²) in [7, 11) is 0. The third-order valence-electron chi connectivity index (χ3n) is 3.73. The Morgan fingerprint density at radius 1 is 1.53 bits per heavy atom. The van der Waals surface area contributed by atoms with Crippen molar-refractivity contribution in [2.45, 2.75) is 39.7 Å². The van der Waals surface area contributed by atoms with E-state index in [-0.39, 0.29) is 0 Å². The zero-order valence-corrected chi connectivity index (χ0v) is 12.5. The Balaban J connectivity index is 2.05. The van der Waals surface area contributed by atoms with Gasteiger partial charge in [-0.15, -0.1) is 11.3 Å². The van der Waals surface area contributed by atoms with Crippen molar-refractivity contribution >= 4 is 11.3 Å². The fourth-order valence-electron chi connectivity index (χ4n) is 2.96. The van der Waals surface area contributed by atoms with Gasteiger partial charge < -0.3 is 5.32 Å². The molecular formula is C14H20N4S. The van der Waals surface area contributed by atoms with Crippen LogP contribution in [0.5, 0.6) is 0 Å². The van der Waals surface area contributed by atoms with Crippen molar-refractivity contribution < 1.29 is 0 Å². The number of thiazole rings is 1. The SMILES string of the molecule is CCNC1CC(C)(C)Cc2c1cnn2-c1nccs1. The van der Waals surface area contributed by atoms with E-state index in [1.54, 1.807) is 11.3 Å². The highest BCUT2D eigenvalue weighted by Crippen LogP contribution is 2.41. The van der Waals surface area contributed by atoms with Gasteiger partial charge in [0.25, 0.3) is 0 Å². The van der Waals surface area contributed by atoms with Gasteiger partial charge in [0.05, 0.1) is 11.9 Å². The monoisotopic (exact) mass is 276 g/mol. The predicted octanol–water partition coefficient (Wildman–Crippen LogP) is 2.95. The zero-order valence-electron chi connectivity index (χ0n) is 11.7. The lowest BCUT2D eigenvalue weighted by atomic mass is 9.74. The molecule has 102 valence electrons. The summed E-state index contributed by atoms with van der Waals surface area (Å²) in [4.78, 5) is 4.38. The first-order valence-electron chi connectivity index (χ1n) is 6.81. The second-order valence-corrected chi connectivity index (χ2v) is 6.80. The van der Waals surface area contributed by atoms with Crippen LogP contribution in [0.15, 0.2) is 17.8 Å². The maximum absolute atomic E-state index is 4.56. The van der Waals surface area contributed by atoms with E-state index in [1.165, 1.54) is 11.3 Å². The molecule has 2 heterocycles. The van der Waals surface area contributed by atoms with Crippen molar-refractivity contribution in [2.75, 3.05) is 6.54 Å². The maximum Gasteiger partial charge on any atom is 0.210 e. The average Bonchev–Trinajstić information content (AvgIpc) is 2.95. The molecule has 2 aromatic heterocycles. The molecule has 0 spiro atoms. The van der Waals surface area contributed by atoms with E-state index in [0.29, 0.717) is 11.5 Å². The molecule has 1 aliphatic carbocycles. The summed E-state index contributed by atoms with van der Waals surface area (Å²) in [6, 6.07) is 0.414. The number of rotatable bonds is 3. The van der Waals surface area contributed by atoms with Crippen LogP contribution in [0.2, 0.25) is 0 Å². The Bertz CT molecular complexity index is 556. The van der Waals surface area contributed by atoms with Crippen LogP contribution in [-0.4, -0.2) is 21.3 Å². The van der Waals surface area contributed by atoms with Gasteiger partial charge in [0.1, 0.15) is 0 Å². The van der Waals surface area contributed by atoms with Gasteiger partial charge in [-0.2, -0.15) is 5.10 Å². The van der Waals surface area contributed by atoms with Gasteiger partial charge in [-0.1, -0.05) is 20.8 Å². The molecule has 4 nitrogen and oxygen atoms in total. The third kappa shape index (κ3) is 2.32. The fraction of sp³-hybridized carbons (Fsp3) is 0.571. The Labute approximate surface area is 117 Å². The smallest absolute Gasteiger partial charge is 0.210 e. The van der Waals surface area contributed by atoms with Gasteiger partial charge in [-0.3, -0.25) is 0 Å². The van der Waals surface area contributed by atoms with Crippen molar-refractivity contribution in [3.63, 3.8) is 0 Å². The second kappa shape index (κ2) is 4.72. The standard InChI is InChI=1S/C14H20N4S/c1-4-15-11-7-14(2,3)8-12-10(11)9-17-18(12)13-16-5-6-19-13/h5-6,9,11,15H,4,7-8H2,1-3H3. The van der Waals surface area contributed by atoms with Crippen LogP contribution in [0.25, 0.3) is 5.13 Å². The summed E-state index contributed by atoms with van der Waals surface area (Å²) in [5, 5.41) is 11.1. The lowest BCUT2D eigenvalue weighted by Crippen LogP contribution is -2.33. The number of nitrogens with one attached hydrogen (secondary N) is 1. The van der Waals surface area contributed by atoms with Crippen molar-refractivity contribution in [3.8, 4) is 5.13 Å². The molecule has 1 unspecified atom stereocenters. The van der Waals surface area contributed by atoms with Gasteiger partial charge in [0.2, 0.25) is 5.13 Å². The number of aromatic nitrogens is 3. The van der Waals surface area contributed by atoms with Crippen molar-refractivity contribution in [1.29, 1.82) is 0 Å². The molecule has 0 radical (unpaired) electrons. The van der Waals surface area contributed by atoms with Crippen LogP contribution >= 0.6 is 11.3 Å². The summed E-state index contributed by atoms with van der Waals surface area (Å²) < 4.78 is 2.02. The Hall–Kier alpha value is -1.20. The molecule has 0 amide bonds. The molecule has 2 aromatic rings. The molecule has 0 saturated heterocycles. The molecule has 1 N–H and O–H groups in total. The molecule has 0 fully saturated rings. The number of hydrogen-bond donors (Lipinski definition) is 1. The Morgan fingerprint density at radius 3 is 3.05 bits per heavy atom. The van der Waals surface area contributed by atoms with Crippen molar-refractivity contribution in [1.82, 2.24) is 20.1 Å². The first kappa shape index (κ1) is 12.8. The molecule has 0 aliphatic heterocycles. The van der Waals surface area contributed by atoms with Crippen LogP contribution in [0.3, 0.4) is 0 Å². The van der Waals surface area contributed by atoms with Gasteiger partial charge in [-0.25, -0.2) is 9.67 Å². The van der Waals surface area contributed by atoms with Crippen molar-refractivity contribution in [3.05, 3.63) is 29.0 Å². The summed E-state index contributed by atoms with van der Waals surface area (Å²) in [5.41, 5.74) is 2.96. The maximum atomic E-state index is 4.56. The van der Waals surface area contributed by atoms with Gasteiger partial charge in [0, 0.05) is 23.2 Å². The largest absolute Gasteiger partial charge is 0.310 e. The van der Waals surface area contributed by atoms with Crippen LogP contribution in [0.1, 0.15) is 44.5 Å². The normalized spacial score (nSPS) is 21.3. The molecule has 19 heavy (non-hydrogen) atoms. The van der Waals surface area contributed by atoms with Crippen LogP contribution in [0.4, 0.5) is 0 Å². The number of nitrogens with zero attached hydrogens (tertiary/aromatic N) is 3. The molecule has 0 saturated carbocycles. The highest BCUT2D eigenvalue weighted by molar-refractivity contribution is 7.12. The molecule has 1 aliphatic rings. The quantitative estimate of drug-likeness (QED) is 0.937. The minimum absolute atomic E-state index is 0.300. The molecule has 5 heteroatoms. The second-order valence-electron chi connectivity index (χ2n) is 5.93. The molecule has 3 rings (SSSR count). The lowest BCUT2D eigenvalue weighted by molar-refractivity contribution is 0.255. The average molecular weight is 276 g/mol. The highest BCUT2D eigenvalue weighted by atomic mass is 32.1. The molecule has 0 aromatic carbocycles. The van der Waals surface area contributed by atoms with E-state index in [1.807, 2.05) is 22.5 Å². The first-order chi connectivity index (χ1) is 9.11. The summed E-state index contributed by atoms with van der Waals surface area (Å²) in [6.45, 7) is 7.81. The van der Waals surface area contributed by atoms with E-state index in [4.69, 9.17) is 0 Å². The Kier molecular flexibility index (Phi) is 3.19. The van der Waals surface area contributed by atoms with Crippen LogP contribution < -0.4 is 5.32 Å². The lowest BCUT2D eigenvalue weighted by Gasteiger charge is -2.35. The number of fused-ring (bicyclic) bond motifs is 1. The fourth-order valence-corrected chi connectivity index (χ4v) is 3.58. The Morgan fingerprint density at radius 2 is 2.37 bits per heavy atom. The summed E-state index contributed by atoms with van der Waals surface area (Å²) >= 11 is 1.64. The minimum Gasteiger partial charge on any atom is -0.310 e. The number of hydrogen-bond acceptors (Lipinski definition) is 4. The van der Waals surface area contributed by atoms with Gasteiger partial charge >= 0.3 is 0 Å².